The largest absolute Gasteiger partial charge is 0.406 e. The summed E-state index contributed by atoms with van der Waals surface area (Å²) in [6, 6.07) is 4.37. The molecule has 1 aromatic carbocycles. The molecule has 0 amide bonds. The molecule has 0 unspecified atom stereocenters. The van der Waals surface area contributed by atoms with Crippen LogP contribution in [0.3, 0.4) is 0 Å². The molecule has 0 fully saturated rings. The number of halogens is 2. The number of rotatable bonds is 3. The Hall–Kier alpha value is -1.66. The van der Waals surface area contributed by atoms with Crippen molar-refractivity contribution in [2.45, 2.75) is 6.54 Å². The molecule has 16 heavy (non-hydrogen) atoms. The highest BCUT2D eigenvalue weighted by Crippen LogP contribution is 2.27. The molecule has 5 nitrogen and oxygen atoms in total. The van der Waals surface area contributed by atoms with E-state index in [0.29, 0.717) is 0 Å². The Morgan fingerprint density at radius 3 is 2.88 bits per heavy atom. The van der Waals surface area contributed by atoms with Crippen LogP contribution < -0.4 is 11.1 Å². The van der Waals surface area contributed by atoms with Crippen molar-refractivity contribution in [2.24, 2.45) is 5.73 Å². The first-order chi connectivity index (χ1) is 7.70. The molecule has 0 aliphatic carbocycles. The van der Waals surface area contributed by atoms with E-state index in [1.807, 2.05) is 0 Å². The van der Waals surface area contributed by atoms with Crippen molar-refractivity contribution in [1.82, 2.24) is 10.2 Å². The van der Waals surface area contributed by atoms with Crippen molar-refractivity contribution < 1.29 is 8.81 Å². The Morgan fingerprint density at radius 1 is 1.44 bits per heavy atom. The number of anilines is 2. The minimum atomic E-state index is -0.500. The van der Waals surface area contributed by atoms with Gasteiger partial charge in [-0.2, -0.15) is 0 Å². The van der Waals surface area contributed by atoms with Crippen LogP contribution in [0.4, 0.5) is 16.1 Å². The highest BCUT2D eigenvalue weighted by Gasteiger charge is 2.10. The van der Waals surface area contributed by atoms with Crippen LogP contribution >= 0.6 is 11.6 Å². The Labute approximate surface area is 95.4 Å². The molecule has 2 rings (SSSR count). The van der Waals surface area contributed by atoms with Crippen molar-refractivity contribution in [1.29, 1.82) is 0 Å². The van der Waals surface area contributed by atoms with Crippen LogP contribution in [0.15, 0.2) is 22.6 Å². The molecule has 0 aliphatic heterocycles. The molecule has 1 heterocycles. The van der Waals surface area contributed by atoms with Gasteiger partial charge in [-0.3, -0.25) is 0 Å². The van der Waals surface area contributed by atoms with Gasteiger partial charge in [0.2, 0.25) is 5.89 Å². The zero-order valence-corrected chi connectivity index (χ0v) is 8.83. The van der Waals surface area contributed by atoms with Crippen molar-refractivity contribution >= 4 is 23.3 Å². The minimum absolute atomic E-state index is 0.0486. The molecule has 0 atom stereocenters. The number of nitrogens with zero attached hydrogens (tertiary/aromatic N) is 2. The molecule has 7 heteroatoms. The van der Waals surface area contributed by atoms with Crippen LogP contribution in [0.5, 0.6) is 0 Å². The maximum absolute atomic E-state index is 13.4. The van der Waals surface area contributed by atoms with Crippen molar-refractivity contribution in [3.8, 4) is 0 Å². The lowest BCUT2D eigenvalue weighted by molar-refractivity contribution is 0.510. The van der Waals surface area contributed by atoms with E-state index in [1.165, 1.54) is 12.1 Å². The molecule has 0 bridgehead atoms. The van der Waals surface area contributed by atoms with Crippen LogP contribution in [-0.4, -0.2) is 10.2 Å². The predicted molar refractivity (Wildman–Crippen MR) is 56.9 cm³/mol. The second-order valence-corrected chi connectivity index (χ2v) is 3.33. The van der Waals surface area contributed by atoms with Gasteiger partial charge in [-0.1, -0.05) is 22.8 Å². The summed E-state index contributed by atoms with van der Waals surface area (Å²) >= 11 is 5.80. The van der Waals surface area contributed by atoms with Gasteiger partial charge >= 0.3 is 6.01 Å². The highest BCUT2D eigenvalue weighted by molar-refractivity contribution is 6.33. The number of hydrogen-bond acceptors (Lipinski definition) is 5. The maximum Gasteiger partial charge on any atom is 0.320 e. The Bertz CT molecular complexity index is 482. The lowest BCUT2D eigenvalue weighted by atomic mass is 10.3. The van der Waals surface area contributed by atoms with Crippen LogP contribution in [0.25, 0.3) is 0 Å². The summed E-state index contributed by atoms with van der Waals surface area (Å²) in [6.45, 7) is 0.125. The van der Waals surface area contributed by atoms with Crippen LogP contribution in [-0.2, 0) is 6.54 Å². The number of nitrogens with one attached hydrogen (secondary N) is 1. The predicted octanol–water partition coefficient (Wildman–Crippen LogP) is 2.06. The number of benzene rings is 1. The van der Waals surface area contributed by atoms with Gasteiger partial charge in [0.1, 0.15) is 5.82 Å². The maximum atomic E-state index is 13.4. The van der Waals surface area contributed by atoms with Crippen molar-refractivity contribution in [2.75, 3.05) is 5.32 Å². The Morgan fingerprint density at radius 2 is 2.25 bits per heavy atom. The standard InChI is InChI=1S/C9H8ClFN4O/c10-5-2-1-3-6(11)8(5)13-9-15-14-7(4-12)16-9/h1-3H,4,12H2,(H,13,15). The summed E-state index contributed by atoms with van der Waals surface area (Å²) in [7, 11) is 0. The van der Waals surface area contributed by atoms with Gasteiger partial charge in [0.15, 0.2) is 0 Å². The number of hydrogen-bond donors (Lipinski definition) is 2. The first kappa shape index (κ1) is 10.8. The summed E-state index contributed by atoms with van der Waals surface area (Å²) in [5.74, 6) is -0.241. The van der Waals surface area contributed by atoms with E-state index in [1.54, 1.807) is 6.07 Å². The fourth-order valence-electron chi connectivity index (χ4n) is 1.11. The zero-order valence-electron chi connectivity index (χ0n) is 8.08. The first-order valence-corrected chi connectivity index (χ1v) is 4.82. The Kier molecular flexibility index (Phi) is 3.02. The van der Waals surface area contributed by atoms with Gasteiger partial charge < -0.3 is 15.5 Å². The van der Waals surface area contributed by atoms with Crippen LogP contribution in [0, 0.1) is 5.82 Å². The third kappa shape index (κ3) is 2.12. The fraction of sp³-hybridized carbons (Fsp3) is 0.111. The van der Waals surface area contributed by atoms with E-state index in [4.69, 9.17) is 21.8 Å². The first-order valence-electron chi connectivity index (χ1n) is 4.44. The molecule has 0 spiro atoms. The monoisotopic (exact) mass is 242 g/mol. The molecule has 0 radical (unpaired) electrons. The zero-order chi connectivity index (χ0) is 11.5. The summed E-state index contributed by atoms with van der Waals surface area (Å²) in [6.07, 6.45) is 0. The van der Waals surface area contributed by atoms with E-state index in [2.05, 4.69) is 15.5 Å². The summed E-state index contributed by atoms with van der Waals surface area (Å²) in [5.41, 5.74) is 5.39. The van der Waals surface area contributed by atoms with Gasteiger partial charge in [0.25, 0.3) is 0 Å². The van der Waals surface area contributed by atoms with Gasteiger partial charge in [-0.15, -0.1) is 5.10 Å². The normalized spacial score (nSPS) is 10.4. The lowest BCUT2D eigenvalue weighted by Crippen LogP contribution is -1.95. The molecule has 0 saturated carbocycles. The average molecular weight is 243 g/mol. The quantitative estimate of drug-likeness (QED) is 0.862. The lowest BCUT2D eigenvalue weighted by Gasteiger charge is -2.04. The molecule has 2 aromatic rings. The number of aromatic nitrogens is 2. The van der Waals surface area contributed by atoms with Gasteiger partial charge in [-0.05, 0) is 12.1 Å². The molecule has 84 valence electrons. The average Bonchev–Trinajstić information content (AvgIpc) is 2.71. The second kappa shape index (κ2) is 4.46. The molecule has 0 saturated heterocycles. The fourth-order valence-corrected chi connectivity index (χ4v) is 1.32. The molecule has 3 N–H and O–H groups in total. The van der Waals surface area contributed by atoms with E-state index in [0.717, 1.165) is 0 Å². The summed E-state index contributed by atoms with van der Waals surface area (Å²) in [5, 5.41) is 10.1. The van der Waals surface area contributed by atoms with Crippen LogP contribution in [0.2, 0.25) is 5.02 Å². The van der Waals surface area contributed by atoms with Gasteiger partial charge in [0.05, 0.1) is 17.3 Å². The molecule has 0 aliphatic rings. The highest BCUT2D eigenvalue weighted by atomic mass is 35.5. The minimum Gasteiger partial charge on any atom is -0.406 e. The van der Waals surface area contributed by atoms with E-state index in [-0.39, 0.29) is 29.2 Å². The smallest absolute Gasteiger partial charge is 0.320 e. The van der Waals surface area contributed by atoms with E-state index < -0.39 is 5.82 Å². The third-order valence-electron chi connectivity index (χ3n) is 1.84. The molecular formula is C9H8ClFN4O. The van der Waals surface area contributed by atoms with E-state index in [9.17, 15) is 4.39 Å². The SMILES string of the molecule is NCc1nnc(Nc2c(F)cccc2Cl)o1. The van der Waals surface area contributed by atoms with Gasteiger partial charge in [0, 0.05) is 0 Å². The summed E-state index contributed by atoms with van der Waals surface area (Å²) in [4.78, 5) is 0. The summed E-state index contributed by atoms with van der Waals surface area (Å²) < 4.78 is 18.4. The topological polar surface area (TPSA) is 77.0 Å². The third-order valence-corrected chi connectivity index (χ3v) is 2.15. The van der Waals surface area contributed by atoms with Crippen molar-refractivity contribution in [3.63, 3.8) is 0 Å². The second-order valence-electron chi connectivity index (χ2n) is 2.93. The number of nitrogens with two attached hydrogens (primary N) is 1. The molecular weight excluding hydrogens is 235 g/mol. The Balaban J connectivity index is 2.26. The molecule has 1 aromatic heterocycles. The number of para-hydroxylation sites is 1. The van der Waals surface area contributed by atoms with E-state index >= 15 is 0 Å². The van der Waals surface area contributed by atoms with Gasteiger partial charge in [-0.25, -0.2) is 4.39 Å². The van der Waals surface area contributed by atoms with Crippen molar-refractivity contribution in [3.05, 3.63) is 34.9 Å². The van der Waals surface area contributed by atoms with Crippen LogP contribution in [0.1, 0.15) is 5.89 Å².